The predicted octanol–water partition coefficient (Wildman–Crippen LogP) is 4.20. The van der Waals surface area contributed by atoms with Crippen LogP contribution >= 0.6 is 11.6 Å². The van der Waals surface area contributed by atoms with Crippen LogP contribution in [0.2, 0.25) is 5.02 Å². The van der Waals surface area contributed by atoms with E-state index in [4.69, 9.17) is 16.3 Å². The van der Waals surface area contributed by atoms with E-state index in [0.29, 0.717) is 0 Å². The second kappa shape index (κ2) is 6.60. The van der Waals surface area contributed by atoms with Crippen LogP contribution in [0.1, 0.15) is 24.1 Å². The fourth-order valence-electron chi connectivity index (χ4n) is 2.01. The van der Waals surface area contributed by atoms with Crippen LogP contribution in [0.5, 0.6) is 5.75 Å². The van der Waals surface area contributed by atoms with Crippen LogP contribution < -0.4 is 10.1 Å². The summed E-state index contributed by atoms with van der Waals surface area (Å²) >= 11 is 5.87. The smallest absolute Gasteiger partial charge is 0.123 e. The zero-order valence-electron chi connectivity index (χ0n) is 11.2. The fourth-order valence-corrected chi connectivity index (χ4v) is 2.13. The average molecular weight is 276 g/mol. The third-order valence-electron chi connectivity index (χ3n) is 3.13. The first-order valence-electron chi connectivity index (χ1n) is 6.31. The van der Waals surface area contributed by atoms with Crippen molar-refractivity contribution >= 4 is 11.6 Å². The molecule has 0 bridgehead atoms. The van der Waals surface area contributed by atoms with Crippen molar-refractivity contribution in [1.82, 2.24) is 5.32 Å². The number of ether oxygens (including phenoxy) is 1. The van der Waals surface area contributed by atoms with Gasteiger partial charge in [0.25, 0.3) is 0 Å². The molecule has 0 aromatic heterocycles. The summed E-state index contributed by atoms with van der Waals surface area (Å²) in [5.74, 6) is 0.915. The van der Waals surface area contributed by atoms with Crippen LogP contribution in [-0.4, -0.2) is 7.11 Å². The SMILES string of the molecule is COc1ccccc1[C@H](C)NCc1ccc(Cl)cc1. The van der Waals surface area contributed by atoms with Crippen LogP contribution in [0.4, 0.5) is 0 Å². The van der Waals surface area contributed by atoms with E-state index in [1.807, 2.05) is 42.5 Å². The first-order chi connectivity index (χ1) is 9.20. The van der Waals surface area contributed by atoms with Gasteiger partial charge in [-0.3, -0.25) is 0 Å². The minimum atomic E-state index is 0.229. The fraction of sp³-hybridized carbons (Fsp3) is 0.250. The van der Waals surface area contributed by atoms with E-state index in [-0.39, 0.29) is 6.04 Å². The lowest BCUT2D eigenvalue weighted by Gasteiger charge is -2.17. The molecular formula is C16H18ClNO. The Kier molecular flexibility index (Phi) is 4.83. The Hall–Kier alpha value is -1.51. The monoisotopic (exact) mass is 275 g/mol. The molecule has 0 aliphatic rings. The molecule has 0 saturated heterocycles. The molecule has 100 valence electrons. The van der Waals surface area contributed by atoms with Crippen molar-refractivity contribution in [2.45, 2.75) is 19.5 Å². The summed E-state index contributed by atoms with van der Waals surface area (Å²) in [5, 5.41) is 4.25. The molecule has 0 aliphatic heterocycles. The zero-order valence-corrected chi connectivity index (χ0v) is 11.9. The van der Waals surface area contributed by atoms with E-state index in [9.17, 15) is 0 Å². The number of rotatable bonds is 5. The minimum absolute atomic E-state index is 0.229. The first kappa shape index (κ1) is 13.9. The standard InChI is InChI=1S/C16H18ClNO/c1-12(15-5-3-4-6-16(15)19-2)18-11-13-7-9-14(17)10-8-13/h3-10,12,18H,11H2,1-2H3/t12-/m0/s1. The second-order valence-corrected chi connectivity index (χ2v) is 4.91. The highest BCUT2D eigenvalue weighted by molar-refractivity contribution is 6.30. The maximum Gasteiger partial charge on any atom is 0.123 e. The molecule has 19 heavy (non-hydrogen) atoms. The highest BCUT2D eigenvalue weighted by Gasteiger charge is 2.09. The Bertz CT molecular complexity index is 525. The van der Waals surface area contributed by atoms with E-state index < -0.39 is 0 Å². The molecule has 0 amide bonds. The molecule has 0 heterocycles. The zero-order chi connectivity index (χ0) is 13.7. The summed E-state index contributed by atoms with van der Waals surface area (Å²) in [5.41, 5.74) is 2.38. The molecule has 3 heteroatoms. The quantitative estimate of drug-likeness (QED) is 0.883. The topological polar surface area (TPSA) is 21.3 Å². The summed E-state index contributed by atoms with van der Waals surface area (Å²) in [7, 11) is 1.70. The summed E-state index contributed by atoms with van der Waals surface area (Å²) < 4.78 is 5.38. The molecule has 1 N–H and O–H groups in total. The van der Waals surface area contributed by atoms with Crippen LogP contribution in [0.3, 0.4) is 0 Å². The van der Waals surface area contributed by atoms with E-state index in [1.54, 1.807) is 7.11 Å². The van der Waals surface area contributed by atoms with Crippen molar-refractivity contribution in [3.05, 3.63) is 64.7 Å². The van der Waals surface area contributed by atoms with E-state index >= 15 is 0 Å². The molecule has 2 nitrogen and oxygen atoms in total. The summed E-state index contributed by atoms with van der Waals surface area (Å²) in [6, 6.07) is 16.2. The lowest BCUT2D eigenvalue weighted by molar-refractivity contribution is 0.401. The van der Waals surface area contributed by atoms with Gasteiger partial charge in [-0.2, -0.15) is 0 Å². The number of para-hydroxylation sites is 1. The molecule has 2 aromatic rings. The molecule has 2 aromatic carbocycles. The summed E-state index contributed by atoms with van der Waals surface area (Å²) in [6.07, 6.45) is 0. The van der Waals surface area contributed by atoms with Crippen molar-refractivity contribution in [1.29, 1.82) is 0 Å². The van der Waals surface area contributed by atoms with Gasteiger partial charge in [-0.15, -0.1) is 0 Å². The van der Waals surface area contributed by atoms with Crippen molar-refractivity contribution in [2.75, 3.05) is 7.11 Å². The van der Waals surface area contributed by atoms with Gasteiger partial charge in [-0.25, -0.2) is 0 Å². The third kappa shape index (κ3) is 3.72. The average Bonchev–Trinajstić information content (AvgIpc) is 2.46. The van der Waals surface area contributed by atoms with Gasteiger partial charge in [-0.1, -0.05) is 41.9 Å². The van der Waals surface area contributed by atoms with Crippen molar-refractivity contribution in [3.63, 3.8) is 0 Å². The maximum atomic E-state index is 5.87. The van der Waals surface area contributed by atoms with E-state index in [2.05, 4.69) is 18.3 Å². The highest BCUT2D eigenvalue weighted by atomic mass is 35.5. The van der Waals surface area contributed by atoms with Gasteiger partial charge in [-0.05, 0) is 30.7 Å². The van der Waals surface area contributed by atoms with Gasteiger partial charge < -0.3 is 10.1 Å². The maximum absolute atomic E-state index is 5.87. The minimum Gasteiger partial charge on any atom is -0.496 e. The van der Waals surface area contributed by atoms with Crippen LogP contribution in [0.25, 0.3) is 0 Å². The molecule has 1 atom stereocenters. The lowest BCUT2D eigenvalue weighted by atomic mass is 10.1. The highest BCUT2D eigenvalue weighted by Crippen LogP contribution is 2.24. The number of methoxy groups -OCH3 is 1. The molecule has 0 spiro atoms. The molecule has 0 saturated carbocycles. The van der Waals surface area contributed by atoms with Crippen LogP contribution in [-0.2, 0) is 6.54 Å². The third-order valence-corrected chi connectivity index (χ3v) is 3.38. The predicted molar refractivity (Wildman–Crippen MR) is 79.7 cm³/mol. The number of halogens is 1. The van der Waals surface area contributed by atoms with Crippen molar-refractivity contribution < 1.29 is 4.74 Å². The van der Waals surface area contributed by atoms with Gasteiger partial charge in [0.15, 0.2) is 0 Å². The van der Waals surface area contributed by atoms with Gasteiger partial charge in [0.05, 0.1) is 7.11 Å². The Morgan fingerprint density at radius 3 is 2.47 bits per heavy atom. The number of benzene rings is 2. The Morgan fingerprint density at radius 1 is 1.11 bits per heavy atom. The Balaban J connectivity index is 2.01. The second-order valence-electron chi connectivity index (χ2n) is 4.47. The number of nitrogens with one attached hydrogen (secondary N) is 1. The molecular weight excluding hydrogens is 258 g/mol. The summed E-state index contributed by atoms with van der Waals surface area (Å²) in [6.45, 7) is 2.93. The van der Waals surface area contributed by atoms with Gasteiger partial charge in [0, 0.05) is 23.2 Å². The molecule has 0 fully saturated rings. The Morgan fingerprint density at radius 2 is 1.79 bits per heavy atom. The number of hydrogen-bond acceptors (Lipinski definition) is 2. The molecule has 0 unspecified atom stereocenters. The van der Waals surface area contributed by atoms with E-state index in [0.717, 1.165) is 17.3 Å². The van der Waals surface area contributed by atoms with Crippen molar-refractivity contribution in [2.24, 2.45) is 0 Å². The van der Waals surface area contributed by atoms with Crippen molar-refractivity contribution in [3.8, 4) is 5.75 Å². The number of hydrogen-bond donors (Lipinski definition) is 1. The molecule has 2 rings (SSSR count). The van der Waals surface area contributed by atoms with Gasteiger partial charge in [0.2, 0.25) is 0 Å². The molecule has 0 radical (unpaired) electrons. The van der Waals surface area contributed by atoms with Gasteiger partial charge in [0.1, 0.15) is 5.75 Å². The largest absolute Gasteiger partial charge is 0.496 e. The van der Waals surface area contributed by atoms with Crippen LogP contribution in [0, 0.1) is 0 Å². The van der Waals surface area contributed by atoms with E-state index in [1.165, 1.54) is 11.1 Å². The summed E-state index contributed by atoms with van der Waals surface area (Å²) in [4.78, 5) is 0. The van der Waals surface area contributed by atoms with Gasteiger partial charge >= 0.3 is 0 Å². The lowest BCUT2D eigenvalue weighted by Crippen LogP contribution is -2.18. The van der Waals surface area contributed by atoms with Crippen LogP contribution in [0.15, 0.2) is 48.5 Å². The first-order valence-corrected chi connectivity index (χ1v) is 6.69. The molecule has 0 aliphatic carbocycles. The normalized spacial score (nSPS) is 12.2. The Labute approximate surface area is 119 Å².